The number of nitro groups is 1. The van der Waals surface area contributed by atoms with E-state index in [0.717, 1.165) is 12.1 Å². The predicted molar refractivity (Wildman–Crippen MR) is 83.6 cm³/mol. The van der Waals surface area contributed by atoms with Crippen molar-refractivity contribution in [3.8, 4) is 5.75 Å². The number of hydrogen-bond acceptors (Lipinski definition) is 4. The summed E-state index contributed by atoms with van der Waals surface area (Å²) >= 11 is 5.68. The molecule has 0 radical (unpaired) electrons. The zero-order valence-electron chi connectivity index (χ0n) is 12.3. The lowest BCUT2D eigenvalue weighted by Gasteiger charge is -2.14. The topological polar surface area (TPSA) is 81.5 Å². The van der Waals surface area contributed by atoms with Crippen LogP contribution in [0.5, 0.6) is 5.75 Å². The fourth-order valence-electron chi connectivity index (χ4n) is 1.83. The zero-order valence-corrected chi connectivity index (χ0v) is 13.1. The number of carbonyl (C=O) groups is 1. The summed E-state index contributed by atoms with van der Waals surface area (Å²) in [5.41, 5.74) is -0.309. The number of amides is 1. The number of nitrogens with zero attached hydrogens (tertiary/aromatic N) is 1. The third kappa shape index (κ3) is 4.83. The van der Waals surface area contributed by atoms with Crippen LogP contribution in [0.25, 0.3) is 0 Å². The number of nitrogens with one attached hydrogen (secondary N) is 1. The Morgan fingerprint density at radius 1 is 1.24 bits per heavy atom. The van der Waals surface area contributed by atoms with Gasteiger partial charge in [-0.05, 0) is 11.6 Å². The molecule has 0 fully saturated rings. The number of halogens is 4. The summed E-state index contributed by atoms with van der Waals surface area (Å²) in [6.45, 7) is -0.0749. The van der Waals surface area contributed by atoms with Crippen LogP contribution >= 0.6 is 11.6 Å². The third-order valence-corrected chi connectivity index (χ3v) is 3.29. The first-order valence-electron chi connectivity index (χ1n) is 6.71. The molecule has 0 saturated heterocycles. The van der Waals surface area contributed by atoms with Gasteiger partial charge in [0.2, 0.25) is 0 Å². The smallest absolute Gasteiger partial charge is 0.471 e. The van der Waals surface area contributed by atoms with Gasteiger partial charge in [-0.25, -0.2) is 0 Å². The van der Waals surface area contributed by atoms with E-state index in [1.54, 1.807) is 35.6 Å². The van der Waals surface area contributed by atoms with Crippen LogP contribution in [0, 0.1) is 10.1 Å². The van der Waals surface area contributed by atoms with Gasteiger partial charge >= 0.3 is 12.1 Å². The fraction of sp³-hybridized carbons (Fsp3) is 0.133. The van der Waals surface area contributed by atoms with Gasteiger partial charge in [0.05, 0.1) is 16.7 Å². The molecule has 25 heavy (non-hydrogen) atoms. The number of ether oxygens (including phenoxy) is 1. The summed E-state index contributed by atoms with van der Waals surface area (Å²) < 4.78 is 42.6. The lowest BCUT2D eigenvalue weighted by molar-refractivity contribution is -0.384. The van der Waals surface area contributed by atoms with Crippen LogP contribution in [0.3, 0.4) is 0 Å². The molecular weight excluding hydrogens is 365 g/mol. The van der Waals surface area contributed by atoms with Gasteiger partial charge in [-0.2, -0.15) is 13.2 Å². The molecule has 0 saturated carbocycles. The van der Waals surface area contributed by atoms with Crippen molar-refractivity contribution in [3.05, 3.63) is 63.2 Å². The second kappa shape index (κ2) is 7.39. The lowest BCUT2D eigenvalue weighted by atomic mass is 10.2. The van der Waals surface area contributed by atoms with Gasteiger partial charge in [0, 0.05) is 0 Å². The van der Waals surface area contributed by atoms with Gasteiger partial charge in [0.1, 0.15) is 17.4 Å². The summed E-state index contributed by atoms with van der Waals surface area (Å²) in [5, 5.41) is 12.1. The Hall–Kier alpha value is -2.81. The van der Waals surface area contributed by atoms with Crippen molar-refractivity contribution in [2.24, 2.45) is 0 Å². The molecule has 6 nitrogen and oxygen atoms in total. The minimum Gasteiger partial charge on any atom is -0.486 e. The van der Waals surface area contributed by atoms with Crippen LogP contribution in [-0.2, 0) is 11.4 Å². The summed E-state index contributed by atoms with van der Waals surface area (Å²) in [7, 11) is 0. The number of alkyl halides is 3. The number of rotatable bonds is 5. The highest BCUT2D eigenvalue weighted by molar-refractivity contribution is 6.33. The average molecular weight is 375 g/mol. The van der Waals surface area contributed by atoms with Crippen molar-refractivity contribution in [1.29, 1.82) is 0 Å². The maximum Gasteiger partial charge on any atom is 0.471 e. The minimum atomic E-state index is -5.13. The number of benzene rings is 2. The van der Waals surface area contributed by atoms with Crippen LogP contribution in [0.4, 0.5) is 24.5 Å². The molecule has 0 heterocycles. The van der Waals surface area contributed by atoms with Crippen LogP contribution in [0.15, 0.2) is 42.5 Å². The molecule has 0 aliphatic carbocycles. The van der Waals surface area contributed by atoms with E-state index in [1.807, 2.05) is 0 Å². The normalized spacial score (nSPS) is 11.0. The van der Waals surface area contributed by atoms with Gasteiger partial charge in [-0.1, -0.05) is 41.9 Å². The van der Waals surface area contributed by atoms with Crippen LogP contribution in [-0.4, -0.2) is 17.0 Å². The van der Waals surface area contributed by atoms with E-state index in [2.05, 4.69) is 0 Å². The first-order valence-corrected chi connectivity index (χ1v) is 7.09. The van der Waals surface area contributed by atoms with E-state index >= 15 is 0 Å². The Bertz CT molecular complexity index is 797. The number of carbonyl (C=O) groups excluding carboxylic acids is 1. The average Bonchev–Trinajstić information content (AvgIpc) is 2.53. The molecule has 1 N–H and O–H groups in total. The summed E-state index contributed by atoms with van der Waals surface area (Å²) in [4.78, 5) is 21.2. The Morgan fingerprint density at radius 3 is 2.44 bits per heavy atom. The molecule has 2 aromatic rings. The van der Waals surface area contributed by atoms with E-state index in [0.29, 0.717) is 5.56 Å². The molecule has 0 atom stereocenters. The van der Waals surface area contributed by atoms with Crippen LogP contribution in [0.2, 0.25) is 5.02 Å². The summed E-state index contributed by atoms with van der Waals surface area (Å²) in [5.74, 6) is -2.56. The van der Waals surface area contributed by atoms with E-state index in [9.17, 15) is 28.1 Å². The largest absolute Gasteiger partial charge is 0.486 e. The third-order valence-electron chi connectivity index (χ3n) is 2.99. The first kappa shape index (κ1) is 18.5. The SMILES string of the molecule is O=C(Nc1cc(Cl)c([N+](=O)[O-])cc1OCc1ccccc1)C(F)(F)F. The minimum absolute atomic E-state index is 0.0749. The van der Waals surface area contributed by atoms with E-state index in [-0.39, 0.29) is 12.4 Å². The van der Waals surface area contributed by atoms with Crippen molar-refractivity contribution in [2.45, 2.75) is 12.8 Å². The van der Waals surface area contributed by atoms with Crippen molar-refractivity contribution >= 4 is 28.9 Å². The van der Waals surface area contributed by atoms with Gasteiger partial charge in [-0.15, -0.1) is 0 Å². The fourth-order valence-corrected chi connectivity index (χ4v) is 2.06. The summed E-state index contributed by atoms with van der Waals surface area (Å²) in [6.07, 6.45) is -5.13. The molecule has 132 valence electrons. The molecule has 2 aromatic carbocycles. The molecule has 2 rings (SSSR count). The van der Waals surface area contributed by atoms with Gasteiger partial charge in [-0.3, -0.25) is 14.9 Å². The Morgan fingerprint density at radius 2 is 1.88 bits per heavy atom. The highest BCUT2D eigenvalue weighted by Gasteiger charge is 2.39. The second-order valence-electron chi connectivity index (χ2n) is 4.78. The van der Waals surface area contributed by atoms with Gasteiger partial charge < -0.3 is 10.1 Å². The van der Waals surface area contributed by atoms with Gasteiger partial charge in [0.25, 0.3) is 5.69 Å². The zero-order chi connectivity index (χ0) is 18.6. The molecule has 0 spiro atoms. The van der Waals surface area contributed by atoms with Crippen molar-refractivity contribution in [1.82, 2.24) is 0 Å². The molecular formula is C15H10ClF3N2O4. The van der Waals surface area contributed by atoms with Crippen molar-refractivity contribution < 1.29 is 27.6 Å². The monoisotopic (exact) mass is 374 g/mol. The van der Waals surface area contributed by atoms with Crippen molar-refractivity contribution in [3.63, 3.8) is 0 Å². The first-order chi connectivity index (χ1) is 11.7. The maximum absolute atomic E-state index is 12.4. The standard InChI is InChI=1S/C15H10ClF3N2O4/c16-10-6-11(20-14(22)15(17,18)19)13(7-12(10)21(23)24)25-8-9-4-2-1-3-5-9/h1-7H,8H2,(H,20,22). The number of hydrogen-bond donors (Lipinski definition) is 1. The molecule has 0 aliphatic heterocycles. The number of nitro benzene ring substituents is 1. The van der Waals surface area contributed by atoms with E-state index in [1.165, 1.54) is 0 Å². The number of anilines is 1. The van der Waals surface area contributed by atoms with Gasteiger partial charge in [0.15, 0.2) is 0 Å². The molecule has 0 aliphatic rings. The summed E-state index contributed by atoms with van der Waals surface area (Å²) in [6, 6.07) is 10.3. The Balaban J connectivity index is 2.34. The van der Waals surface area contributed by atoms with Crippen LogP contribution in [0.1, 0.15) is 5.56 Å². The highest BCUT2D eigenvalue weighted by Crippen LogP contribution is 2.37. The van der Waals surface area contributed by atoms with Crippen LogP contribution < -0.4 is 10.1 Å². The molecule has 0 bridgehead atoms. The van der Waals surface area contributed by atoms with E-state index in [4.69, 9.17) is 16.3 Å². The van der Waals surface area contributed by atoms with Crippen molar-refractivity contribution in [2.75, 3.05) is 5.32 Å². The quantitative estimate of drug-likeness (QED) is 0.624. The Labute approximate surface area is 144 Å². The lowest BCUT2D eigenvalue weighted by Crippen LogP contribution is -2.30. The Kier molecular flexibility index (Phi) is 5.48. The van der Waals surface area contributed by atoms with E-state index < -0.39 is 33.4 Å². The molecule has 0 aromatic heterocycles. The predicted octanol–water partition coefficient (Wildman–Crippen LogP) is 4.33. The molecule has 0 unspecified atom stereocenters. The second-order valence-corrected chi connectivity index (χ2v) is 5.19. The molecule has 1 amide bonds. The highest BCUT2D eigenvalue weighted by atomic mass is 35.5. The maximum atomic E-state index is 12.4. The molecule has 10 heteroatoms.